The highest BCUT2D eigenvalue weighted by atomic mass is 15.2. The molecule has 0 amide bonds. The Morgan fingerprint density at radius 3 is 2.22 bits per heavy atom. The van der Waals surface area contributed by atoms with Crippen molar-refractivity contribution in [3.63, 3.8) is 0 Å². The normalized spacial score (nSPS) is 33.7. The molecule has 1 N–H and O–H groups in total. The molecule has 2 atom stereocenters. The molecule has 0 aromatic rings. The molecule has 0 aromatic carbocycles. The standard InChI is InChI=1S/C16H32N2/c1-5-9-17-13-10-14-7-6-8-15(11-13)18(14)12-16(2,3)4/h13-15,17H,5-12H2,1-4H3. The Kier molecular flexibility index (Phi) is 4.71. The Labute approximate surface area is 114 Å². The summed E-state index contributed by atoms with van der Waals surface area (Å²) in [5.74, 6) is 0. The van der Waals surface area contributed by atoms with E-state index in [-0.39, 0.29) is 0 Å². The van der Waals surface area contributed by atoms with Crippen molar-refractivity contribution in [2.45, 2.75) is 84.3 Å². The third kappa shape index (κ3) is 3.71. The van der Waals surface area contributed by atoms with E-state index in [0.717, 1.165) is 18.1 Å². The molecule has 18 heavy (non-hydrogen) atoms. The van der Waals surface area contributed by atoms with Gasteiger partial charge in [0.15, 0.2) is 0 Å². The van der Waals surface area contributed by atoms with Crippen molar-refractivity contribution in [2.24, 2.45) is 5.41 Å². The number of piperidine rings is 2. The predicted molar refractivity (Wildman–Crippen MR) is 78.9 cm³/mol. The van der Waals surface area contributed by atoms with E-state index in [0.29, 0.717) is 5.41 Å². The molecule has 2 aliphatic heterocycles. The average molecular weight is 252 g/mol. The molecular weight excluding hydrogens is 220 g/mol. The molecule has 0 aliphatic carbocycles. The molecule has 2 fully saturated rings. The van der Waals surface area contributed by atoms with Gasteiger partial charge in [-0.25, -0.2) is 0 Å². The molecule has 2 rings (SSSR count). The maximum Gasteiger partial charge on any atom is 0.0113 e. The second-order valence-corrected chi connectivity index (χ2v) is 7.59. The van der Waals surface area contributed by atoms with E-state index in [1.807, 2.05) is 0 Å². The smallest absolute Gasteiger partial charge is 0.0113 e. The van der Waals surface area contributed by atoms with Crippen molar-refractivity contribution in [3.05, 3.63) is 0 Å². The molecule has 2 bridgehead atoms. The van der Waals surface area contributed by atoms with Gasteiger partial charge in [0.05, 0.1) is 0 Å². The first-order chi connectivity index (χ1) is 8.49. The molecule has 2 heterocycles. The van der Waals surface area contributed by atoms with Crippen LogP contribution in [0.5, 0.6) is 0 Å². The minimum atomic E-state index is 0.442. The minimum absolute atomic E-state index is 0.442. The Balaban J connectivity index is 1.95. The van der Waals surface area contributed by atoms with Gasteiger partial charge in [0.1, 0.15) is 0 Å². The molecule has 2 heteroatoms. The van der Waals surface area contributed by atoms with Crippen LogP contribution >= 0.6 is 0 Å². The monoisotopic (exact) mass is 252 g/mol. The van der Waals surface area contributed by atoms with Crippen molar-refractivity contribution in [1.29, 1.82) is 0 Å². The quantitative estimate of drug-likeness (QED) is 0.825. The van der Waals surface area contributed by atoms with Crippen LogP contribution in [0.25, 0.3) is 0 Å². The second-order valence-electron chi connectivity index (χ2n) is 7.59. The van der Waals surface area contributed by atoms with Crippen LogP contribution in [0.2, 0.25) is 0 Å². The van der Waals surface area contributed by atoms with Gasteiger partial charge in [0.2, 0.25) is 0 Å². The fourth-order valence-electron chi connectivity index (χ4n) is 3.80. The van der Waals surface area contributed by atoms with Gasteiger partial charge in [-0.3, -0.25) is 4.90 Å². The van der Waals surface area contributed by atoms with Crippen LogP contribution in [0.1, 0.15) is 66.2 Å². The van der Waals surface area contributed by atoms with Gasteiger partial charge in [-0.15, -0.1) is 0 Å². The summed E-state index contributed by atoms with van der Waals surface area (Å²) in [5, 5.41) is 3.76. The fourth-order valence-corrected chi connectivity index (χ4v) is 3.80. The molecule has 0 radical (unpaired) electrons. The van der Waals surface area contributed by atoms with E-state index < -0.39 is 0 Å². The molecule has 106 valence electrons. The third-order valence-corrected chi connectivity index (χ3v) is 4.47. The summed E-state index contributed by atoms with van der Waals surface area (Å²) in [6.07, 6.45) is 8.33. The molecule has 0 saturated carbocycles. The van der Waals surface area contributed by atoms with Crippen LogP contribution in [-0.2, 0) is 0 Å². The van der Waals surface area contributed by atoms with Crippen molar-refractivity contribution in [1.82, 2.24) is 10.2 Å². The summed E-state index contributed by atoms with van der Waals surface area (Å²) in [4.78, 5) is 2.84. The van der Waals surface area contributed by atoms with Gasteiger partial charge in [-0.1, -0.05) is 34.1 Å². The van der Waals surface area contributed by atoms with Gasteiger partial charge >= 0.3 is 0 Å². The van der Waals surface area contributed by atoms with Crippen LogP contribution in [0.3, 0.4) is 0 Å². The van der Waals surface area contributed by atoms with Crippen LogP contribution in [0.15, 0.2) is 0 Å². The fraction of sp³-hybridized carbons (Fsp3) is 1.00. The summed E-state index contributed by atoms with van der Waals surface area (Å²) in [6.45, 7) is 11.9. The van der Waals surface area contributed by atoms with E-state index in [1.54, 1.807) is 0 Å². The lowest BCUT2D eigenvalue weighted by atomic mass is 9.80. The average Bonchev–Trinajstić information content (AvgIpc) is 2.24. The number of hydrogen-bond acceptors (Lipinski definition) is 2. The Hall–Kier alpha value is -0.0800. The molecule has 2 nitrogen and oxygen atoms in total. The first-order valence-electron chi connectivity index (χ1n) is 7.99. The summed E-state index contributed by atoms with van der Waals surface area (Å²) < 4.78 is 0. The number of nitrogens with zero attached hydrogens (tertiary/aromatic N) is 1. The summed E-state index contributed by atoms with van der Waals surface area (Å²) in [5.41, 5.74) is 0.442. The number of fused-ring (bicyclic) bond motifs is 2. The van der Waals surface area contributed by atoms with Crippen LogP contribution < -0.4 is 5.32 Å². The zero-order valence-electron chi connectivity index (χ0n) is 12.8. The van der Waals surface area contributed by atoms with E-state index in [2.05, 4.69) is 37.9 Å². The van der Waals surface area contributed by atoms with E-state index in [4.69, 9.17) is 0 Å². The molecule has 0 aromatic heterocycles. The van der Waals surface area contributed by atoms with Gasteiger partial charge in [-0.2, -0.15) is 0 Å². The van der Waals surface area contributed by atoms with Crippen LogP contribution in [-0.4, -0.2) is 36.1 Å². The van der Waals surface area contributed by atoms with Gasteiger partial charge in [-0.05, 0) is 44.1 Å². The lowest BCUT2D eigenvalue weighted by Gasteiger charge is -2.51. The lowest BCUT2D eigenvalue weighted by molar-refractivity contribution is 0.00109. The first-order valence-corrected chi connectivity index (χ1v) is 7.99. The molecule has 2 unspecified atom stereocenters. The number of rotatable bonds is 4. The number of nitrogens with one attached hydrogen (secondary N) is 1. The van der Waals surface area contributed by atoms with Crippen molar-refractivity contribution in [3.8, 4) is 0 Å². The van der Waals surface area contributed by atoms with Crippen molar-refractivity contribution in [2.75, 3.05) is 13.1 Å². The molecular formula is C16H32N2. The Bertz CT molecular complexity index is 242. The maximum absolute atomic E-state index is 3.76. The first kappa shape index (κ1) is 14.3. The van der Waals surface area contributed by atoms with Gasteiger partial charge in [0.25, 0.3) is 0 Å². The molecule has 2 saturated heterocycles. The van der Waals surface area contributed by atoms with Crippen LogP contribution in [0.4, 0.5) is 0 Å². The zero-order valence-corrected chi connectivity index (χ0v) is 12.8. The van der Waals surface area contributed by atoms with Gasteiger partial charge < -0.3 is 5.32 Å². The van der Waals surface area contributed by atoms with E-state index in [1.165, 1.54) is 51.6 Å². The molecule has 2 aliphatic rings. The van der Waals surface area contributed by atoms with E-state index in [9.17, 15) is 0 Å². The van der Waals surface area contributed by atoms with Gasteiger partial charge in [0, 0.05) is 24.7 Å². The van der Waals surface area contributed by atoms with Crippen LogP contribution in [0, 0.1) is 5.41 Å². The largest absolute Gasteiger partial charge is 0.314 e. The van der Waals surface area contributed by atoms with Crippen molar-refractivity contribution >= 4 is 0 Å². The Morgan fingerprint density at radius 2 is 1.72 bits per heavy atom. The molecule has 0 spiro atoms. The van der Waals surface area contributed by atoms with E-state index >= 15 is 0 Å². The Morgan fingerprint density at radius 1 is 1.11 bits per heavy atom. The SMILES string of the molecule is CCCNC1CC2CCCC(C1)N2CC(C)(C)C. The zero-order chi connectivity index (χ0) is 13.2. The highest BCUT2D eigenvalue weighted by molar-refractivity contribution is 4.96. The summed E-state index contributed by atoms with van der Waals surface area (Å²) in [6, 6.07) is 2.49. The topological polar surface area (TPSA) is 15.3 Å². The van der Waals surface area contributed by atoms with Crippen molar-refractivity contribution < 1.29 is 0 Å². The highest BCUT2D eigenvalue weighted by Gasteiger charge is 2.39. The summed E-state index contributed by atoms with van der Waals surface area (Å²) in [7, 11) is 0. The minimum Gasteiger partial charge on any atom is -0.314 e. The third-order valence-electron chi connectivity index (χ3n) is 4.47. The second kappa shape index (κ2) is 5.92. The predicted octanol–water partition coefficient (Wildman–Crippen LogP) is 3.42. The summed E-state index contributed by atoms with van der Waals surface area (Å²) >= 11 is 0. The lowest BCUT2D eigenvalue weighted by Crippen LogP contribution is -2.58. The maximum atomic E-state index is 3.76. The highest BCUT2D eigenvalue weighted by Crippen LogP contribution is 2.36. The number of hydrogen-bond donors (Lipinski definition) is 1.